The molecular formula is C22H29Cl2PTi. The number of benzene rings is 1. The van der Waals surface area contributed by atoms with Crippen molar-refractivity contribution >= 4 is 14.0 Å². The summed E-state index contributed by atoms with van der Waals surface area (Å²) in [5.41, 5.74) is 4.80. The SMILES string of the molecule is CCC(C)P(C1=Cc2ccccc2[CH]1[Ti+2][C]1=CC=CC1)C(C)CC.[Cl-].[Cl-]. The molecule has 140 valence electrons. The first-order chi connectivity index (χ1) is 11.7. The van der Waals surface area contributed by atoms with Gasteiger partial charge in [-0.25, -0.2) is 0 Å². The van der Waals surface area contributed by atoms with Crippen molar-refractivity contribution in [2.75, 3.05) is 0 Å². The summed E-state index contributed by atoms with van der Waals surface area (Å²) in [6.07, 6.45) is 13.4. The van der Waals surface area contributed by atoms with Gasteiger partial charge in [-0.3, -0.25) is 0 Å². The largest absolute Gasteiger partial charge is 1.00 e. The molecule has 0 N–H and O–H groups in total. The molecule has 26 heavy (non-hydrogen) atoms. The molecule has 0 amide bonds. The summed E-state index contributed by atoms with van der Waals surface area (Å²) < 4.78 is 2.47. The van der Waals surface area contributed by atoms with E-state index in [9.17, 15) is 0 Å². The number of allylic oxidation sites excluding steroid dienone is 5. The third kappa shape index (κ3) is 5.15. The van der Waals surface area contributed by atoms with E-state index in [0.717, 1.165) is 15.5 Å². The molecule has 4 heteroatoms. The molecule has 0 radical (unpaired) electrons. The topological polar surface area (TPSA) is 0 Å². The zero-order valence-corrected chi connectivity index (χ0v) is 20.1. The van der Waals surface area contributed by atoms with Crippen LogP contribution in [0.25, 0.3) is 6.08 Å². The van der Waals surface area contributed by atoms with E-state index in [4.69, 9.17) is 0 Å². The van der Waals surface area contributed by atoms with Crippen molar-refractivity contribution < 1.29 is 44.0 Å². The Bertz CT molecular complexity index is 670. The van der Waals surface area contributed by atoms with E-state index < -0.39 is 0 Å². The molecule has 2 aliphatic rings. The van der Waals surface area contributed by atoms with E-state index >= 15 is 0 Å². The fourth-order valence-electron chi connectivity index (χ4n) is 3.76. The Kier molecular flexibility index (Phi) is 10.5. The summed E-state index contributed by atoms with van der Waals surface area (Å²) in [4.78, 5) is 0. The minimum Gasteiger partial charge on any atom is -1.00 e. The van der Waals surface area contributed by atoms with Crippen LogP contribution >= 0.6 is 7.92 Å². The van der Waals surface area contributed by atoms with Crippen LogP contribution in [0.4, 0.5) is 0 Å². The molecular weight excluding hydrogens is 414 g/mol. The van der Waals surface area contributed by atoms with Gasteiger partial charge in [0.05, 0.1) is 0 Å². The van der Waals surface area contributed by atoms with Crippen molar-refractivity contribution in [3.8, 4) is 0 Å². The molecule has 3 rings (SSSR count). The Labute approximate surface area is 182 Å². The summed E-state index contributed by atoms with van der Waals surface area (Å²) in [5, 5.41) is 1.82. The van der Waals surface area contributed by atoms with E-state index in [1.54, 1.807) is 9.44 Å². The Morgan fingerprint density at radius 2 is 1.73 bits per heavy atom. The Morgan fingerprint density at radius 3 is 2.31 bits per heavy atom. The van der Waals surface area contributed by atoms with Crippen LogP contribution in [0, 0.1) is 0 Å². The van der Waals surface area contributed by atoms with Gasteiger partial charge in [-0.2, -0.15) is 0 Å². The zero-order chi connectivity index (χ0) is 17.1. The molecule has 0 aliphatic heterocycles. The average molecular weight is 443 g/mol. The van der Waals surface area contributed by atoms with Gasteiger partial charge in [0.25, 0.3) is 0 Å². The smallest absolute Gasteiger partial charge is 1.00 e. The molecule has 0 heterocycles. The van der Waals surface area contributed by atoms with Gasteiger partial charge >= 0.3 is 158 Å². The predicted octanol–water partition coefficient (Wildman–Crippen LogP) is 1.10. The maximum atomic E-state index is 2.59. The standard InChI is InChI=1S/C17H24P.C5H5.2ClH.Ti/c1-5-13(3)18(14(4)6-2)17-11-15-9-7-8-10-16(15)12-17;1-2-4-5-3-1;;;/h7-14H,5-6H2,1-4H3;1-3H,4H2;2*1H;/q;;;;+2/p-2. The van der Waals surface area contributed by atoms with Crippen molar-refractivity contribution in [3.63, 3.8) is 0 Å². The van der Waals surface area contributed by atoms with Crippen LogP contribution in [-0.4, -0.2) is 11.3 Å². The molecule has 0 fully saturated rings. The monoisotopic (exact) mass is 442 g/mol. The number of fused-ring (bicyclic) bond motifs is 1. The average Bonchev–Trinajstić information content (AvgIpc) is 3.24. The van der Waals surface area contributed by atoms with Crippen molar-refractivity contribution in [3.05, 3.63) is 62.8 Å². The Morgan fingerprint density at radius 1 is 1.08 bits per heavy atom. The fraction of sp³-hybridized carbons (Fsp3) is 0.455. The van der Waals surface area contributed by atoms with Gasteiger partial charge in [0.1, 0.15) is 0 Å². The first-order valence-electron chi connectivity index (χ1n) is 9.36. The Hall–Kier alpha value is 0.164. The van der Waals surface area contributed by atoms with Crippen LogP contribution in [0.3, 0.4) is 0 Å². The van der Waals surface area contributed by atoms with E-state index in [-0.39, 0.29) is 51.9 Å². The second-order valence-electron chi connectivity index (χ2n) is 7.02. The maximum Gasteiger partial charge on any atom is -1.00 e. The van der Waals surface area contributed by atoms with Crippen LogP contribution < -0.4 is 24.8 Å². The molecule has 3 atom stereocenters. The van der Waals surface area contributed by atoms with Gasteiger partial charge in [-0.05, 0) is 0 Å². The summed E-state index contributed by atoms with van der Waals surface area (Å²) in [5.74, 6) is 0. The first-order valence-corrected chi connectivity index (χ1v) is 12.5. The van der Waals surface area contributed by atoms with Gasteiger partial charge < -0.3 is 24.8 Å². The third-order valence-corrected chi connectivity index (χ3v) is 12.0. The van der Waals surface area contributed by atoms with Crippen LogP contribution in [-0.2, 0) is 19.2 Å². The summed E-state index contributed by atoms with van der Waals surface area (Å²) in [6.45, 7) is 9.74. The number of rotatable bonds is 7. The van der Waals surface area contributed by atoms with Crippen LogP contribution in [0.2, 0.25) is 0 Å². The van der Waals surface area contributed by atoms with E-state index in [1.807, 2.05) is 5.31 Å². The fourth-order valence-corrected chi connectivity index (χ4v) is 10.4. The van der Waals surface area contributed by atoms with Crippen molar-refractivity contribution in [2.45, 2.75) is 62.5 Å². The zero-order valence-electron chi connectivity index (χ0n) is 16.2. The molecule has 0 spiro atoms. The van der Waals surface area contributed by atoms with E-state index in [2.05, 4.69) is 76.3 Å². The quantitative estimate of drug-likeness (QED) is 0.438. The van der Waals surface area contributed by atoms with Gasteiger partial charge in [-0.1, -0.05) is 0 Å². The normalized spacial score (nSPS) is 20.7. The maximum absolute atomic E-state index is 2.59. The van der Waals surface area contributed by atoms with Gasteiger partial charge in [0.15, 0.2) is 0 Å². The van der Waals surface area contributed by atoms with E-state index in [1.165, 1.54) is 24.8 Å². The molecule has 0 nitrogen and oxygen atoms in total. The third-order valence-electron chi connectivity index (χ3n) is 5.44. The molecule has 2 aliphatic carbocycles. The molecule has 0 bridgehead atoms. The molecule has 0 saturated heterocycles. The molecule has 0 saturated carbocycles. The van der Waals surface area contributed by atoms with Crippen molar-refractivity contribution in [1.82, 2.24) is 0 Å². The Balaban J connectivity index is 0.00000169. The first kappa shape index (κ1) is 24.2. The molecule has 1 aromatic carbocycles. The van der Waals surface area contributed by atoms with Crippen molar-refractivity contribution in [1.29, 1.82) is 0 Å². The molecule has 0 aromatic heterocycles. The van der Waals surface area contributed by atoms with Crippen LogP contribution in [0.15, 0.2) is 51.7 Å². The summed E-state index contributed by atoms with van der Waals surface area (Å²) >= 11 is -0.120. The predicted molar refractivity (Wildman–Crippen MR) is 105 cm³/mol. The minimum absolute atomic E-state index is 0. The second kappa shape index (κ2) is 11.2. The van der Waals surface area contributed by atoms with Crippen LogP contribution in [0.1, 0.15) is 62.3 Å². The number of halogens is 2. The van der Waals surface area contributed by atoms with Gasteiger partial charge in [0.2, 0.25) is 0 Å². The summed E-state index contributed by atoms with van der Waals surface area (Å²) in [6, 6.07) is 9.19. The number of hydrogen-bond acceptors (Lipinski definition) is 0. The summed E-state index contributed by atoms with van der Waals surface area (Å²) in [7, 11) is -0.0456. The van der Waals surface area contributed by atoms with E-state index in [0.29, 0.717) is 0 Å². The van der Waals surface area contributed by atoms with Gasteiger partial charge in [-0.15, -0.1) is 0 Å². The molecule has 3 unspecified atom stereocenters. The number of hydrogen-bond donors (Lipinski definition) is 0. The van der Waals surface area contributed by atoms with Gasteiger partial charge in [0, 0.05) is 0 Å². The molecule has 1 aromatic rings. The second-order valence-corrected chi connectivity index (χ2v) is 12.5. The van der Waals surface area contributed by atoms with Crippen molar-refractivity contribution in [2.24, 2.45) is 0 Å². The minimum atomic E-state index is -0.120. The van der Waals surface area contributed by atoms with Crippen LogP contribution in [0.5, 0.6) is 0 Å².